The Morgan fingerprint density at radius 1 is 1.36 bits per heavy atom. The van der Waals surface area contributed by atoms with Gasteiger partial charge < -0.3 is 24.8 Å². The van der Waals surface area contributed by atoms with Gasteiger partial charge in [-0.3, -0.25) is 0 Å². The predicted molar refractivity (Wildman–Crippen MR) is 44.3 cm³/mol. The molecule has 0 bridgehead atoms. The van der Waals surface area contributed by atoms with E-state index in [4.69, 9.17) is 9.47 Å². The summed E-state index contributed by atoms with van der Waals surface area (Å²) < 4.78 is 10.4. The van der Waals surface area contributed by atoms with E-state index in [0.717, 1.165) is 6.42 Å². The van der Waals surface area contributed by atoms with Crippen LogP contribution >= 0.6 is 0 Å². The fourth-order valence-corrected chi connectivity index (χ4v) is 3.09. The maximum absolute atomic E-state index is 9.85. The molecule has 2 aliphatic heterocycles. The van der Waals surface area contributed by atoms with Crippen LogP contribution in [0.3, 0.4) is 0 Å². The highest BCUT2D eigenvalue weighted by Gasteiger charge is 2.75. The van der Waals surface area contributed by atoms with Gasteiger partial charge in [0.1, 0.15) is 11.7 Å². The Morgan fingerprint density at radius 3 is 2.86 bits per heavy atom. The summed E-state index contributed by atoms with van der Waals surface area (Å²) in [6.45, 7) is 0.309. The third-order valence-electron chi connectivity index (χ3n) is 3.84. The zero-order valence-electron chi connectivity index (χ0n) is 7.67. The lowest BCUT2D eigenvalue weighted by Crippen LogP contribution is -2.45. The van der Waals surface area contributed by atoms with Crippen molar-refractivity contribution >= 4 is 0 Å². The van der Waals surface area contributed by atoms with Crippen LogP contribution in [0.4, 0.5) is 0 Å². The summed E-state index contributed by atoms with van der Waals surface area (Å²) >= 11 is 0. The SMILES string of the molecule is OC[C@@]12O[C@@H]1[C@@H](O)[C@@H]1CCO[C@H](O)[C@@H]12. The van der Waals surface area contributed by atoms with Gasteiger partial charge in [0.2, 0.25) is 0 Å². The van der Waals surface area contributed by atoms with E-state index in [2.05, 4.69) is 0 Å². The summed E-state index contributed by atoms with van der Waals surface area (Å²) in [6.07, 6.45) is -1.06. The number of ether oxygens (including phenoxy) is 2. The number of epoxide rings is 1. The molecule has 80 valence electrons. The van der Waals surface area contributed by atoms with Crippen LogP contribution in [0.15, 0.2) is 0 Å². The Balaban J connectivity index is 1.92. The van der Waals surface area contributed by atoms with E-state index < -0.39 is 18.0 Å². The van der Waals surface area contributed by atoms with Crippen molar-refractivity contribution in [2.45, 2.75) is 30.5 Å². The summed E-state index contributed by atoms with van der Waals surface area (Å²) in [7, 11) is 0. The molecule has 0 unspecified atom stereocenters. The van der Waals surface area contributed by atoms with Gasteiger partial charge in [0.25, 0.3) is 0 Å². The minimum atomic E-state index is -0.914. The predicted octanol–water partition coefficient (Wildman–Crippen LogP) is -1.54. The van der Waals surface area contributed by atoms with Crippen LogP contribution in [0, 0.1) is 11.8 Å². The number of hydrogen-bond donors (Lipinski definition) is 3. The molecule has 3 N–H and O–H groups in total. The van der Waals surface area contributed by atoms with Gasteiger partial charge >= 0.3 is 0 Å². The number of rotatable bonds is 1. The van der Waals surface area contributed by atoms with Gasteiger partial charge in [-0.05, 0) is 6.42 Å². The van der Waals surface area contributed by atoms with Crippen LogP contribution in [0.2, 0.25) is 0 Å². The van der Waals surface area contributed by atoms with Crippen molar-refractivity contribution < 1.29 is 24.8 Å². The van der Waals surface area contributed by atoms with Crippen molar-refractivity contribution in [1.29, 1.82) is 0 Å². The van der Waals surface area contributed by atoms with Gasteiger partial charge in [0.15, 0.2) is 6.29 Å². The number of hydrogen-bond acceptors (Lipinski definition) is 5. The molecule has 0 aromatic heterocycles. The molecule has 3 fully saturated rings. The molecule has 0 spiro atoms. The van der Waals surface area contributed by atoms with Crippen molar-refractivity contribution in [1.82, 2.24) is 0 Å². The number of fused-ring (bicyclic) bond motifs is 3. The van der Waals surface area contributed by atoms with Crippen LogP contribution in [0.5, 0.6) is 0 Å². The molecule has 0 amide bonds. The normalized spacial score (nSPS) is 60.6. The van der Waals surface area contributed by atoms with Gasteiger partial charge in [-0.2, -0.15) is 0 Å². The van der Waals surface area contributed by atoms with Gasteiger partial charge in [0, 0.05) is 11.8 Å². The van der Waals surface area contributed by atoms with Crippen molar-refractivity contribution in [3.63, 3.8) is 0 Å². The minimum absolute atomic E-state index is 0.00431. The highest BCUT2D eigenvalue weighted by Crippen LogP contribution is 2.59. The first-order valence-electron chi connectivity index (χ1n) is 4.97. The quantitative estimate of drug-likeness (QED) is 0.449. The van der Waals surface area contributed by atoms with Crippen molar-refractivity contribution in [2.75, 3.05) is 13.2 Å². The van der Waals surface area contributed by atoms with Crippen molar-refractivity contribution in [2.24, 2.45) is 11.8 Å². The first-order valence-corrected chi connectivity index (χ1v) is 4.97. The van der Waals surface area contributed by atoms with E-state index in [1.54, 1.807) is 0 Å². The average Bonchev–Trinajstić information content (AvgIpc) is 2.87. The second-order valence-electron chi connectivity index (χ2n) is 4.38. The zero-order valence-corrected chi connectivity index (χ0v) is 7.67. The second-order valence-corrected chi connectivity index (χ2v) is 4.38. The maximum atomic E-state index is 9.85. The Labute approximate surface area is 81.3 Å². The van der Waals surface area contributed by atoms with Gasteiger partial charge in [-0.15, -0.1) is 0 Å². The lowest BCUT2D eigenvalue weighted by molar-refractivity contribution is -0.205. The molecule has 0 aromatic carbocycles. The monoisotopic (exact) mass is 202 g/mol. The summed E-state index contributed by atoms with van der Waals surface area (Å²) in [6, 6.07) is 0. The average molecular weight is 202 g/mol. The Morgan fingerprint density at radius 2 is 2.14 bits per heavy atom. The van der Waals surface area contributed by atoms with E-state index in [1.165, 1.54) is 0 Å². The van der Waals surface area contributed by atoms with Crippen molar-refractivity contribution in [3.8, 4) is 0 Å². The molecule has 5 heteroatoms. The number of aliphatic hydroxyl groups is 3. The summed E-state index contributed by atoms with van der Waals surface area (Å²) in [5.41, 5.74) is -0.732. The van der Waals surface area contributed by atoms with E-state index in [-0.39, 0.29) is 24.5 Å². The Bertz CT molecular complexity index is 258. The molecule has 0 aromatic rings. The molecule has 6 atom stereocenters. The summed E-state index contributed by atoms with van der Waals surface area (Å²) in [5.74, 6) is -0.272. The Kier molecular flexibility index (Phi) is 1.73. The molecule has 1 saturated carbocycles. The standard InChI is InChI=1S/C9H14O5/c10-3-9-5-4(1-2-13-8(5)12)6(11)7(9)14-9/h4-8,10-12H,1-3H2/t4-,5-,6+,7-,8+,9+/m1/s1. The first-order chi connectivity index (χ1) is 6.70. The van der Waals surface area contributed by atoms with Gasteiger partial charge in [-0.25, -0.2) is 0 Å². The fourth-order valence-electron chi connectivity index (χ4n) is 3.09. The molecule has 1 aliphatic carbocycles. The van der Waals surface area contributed by atoms with Crippen LogP contribution in [0.1, 0.15) is 6.42 Å². The lowest BCUT2D eigenvalue weighted by Gasteiger charge is -2.35. The molecule has 0 radical (unpaired) electrons. The van der Waals surface area contributed by atoms with Crippen molar-refractivity contribution in [3.05, 3.63) is 0 Å². The van der Waals surface area contributed by atoms with E-state index in [9.17, 15) is 15.3 Å². The van der Waals surface area contributed by atoms with Gasteiger partial charge in [-0.1, -0.05) is 0 Å². The van der Waals surface area contributed by atoms with Crippen LogP contribution < -0.4 is 0 Å². The number of aliphatic hydroxyl groups excluding tert-OH is 3. The minimum Gasteiger partial charge on any atom is -0.393 e. The first kappa shape index (κ1) is 9.06. The van der Waals surface area contributed by atoms with E-state index >= 15 is 0 Å². The maximum Gasteiger partial charge on any atom is 0.160 e. The highest BCUT2D eigenvalue weighted by molar-refractivity contribution is 5.20. The molecular formula is C9H14O5. The van der Waals surface area contributed by atoms with Crippen LogP contribution in [0.25, 0.3) is 0 Å². The summed E-state index contributed by atoms with van der Waals surface area (Å²) in [5, 5.41) is 28.8. The van der Waals surface area contributed by atoms with Crippen LogP contribution in [-0.4, -0.2) is 52.6 Å². The third-order valence-corrected chi connectivity index (χ3v) is 3.84. The smallest absolute Gasteiger partial charge is 0.160 e. The Hall–Kier alpha value is -0.200. The topological polar surface area (TPSA) is 82.5 Å². The third kappa shape index (κ3) is 0.869. The largest absolute Gasteiger partial charge is 0.393 e. The van der Waals surface area contributed by atoms with Gasteiger partial charge in [0.05, 0.1) is 19.3 Å². The molecule has 14 heavy (non-hydrogen) atoms. The highest BCUT2D eigenvalue weighted by atomic mass is 16.7. The second kappa shape index (κ2) is 2.68. The molecular weight excluding hydrogens is 188 g/mol. The summed E-state index contributed by atoms with van der Waals surface area (Å²) in [4.78, 5) is 0. The molecule has 2 saturated heterocycles. The van der Waals surface area contributed by atoms with Crippen LogP contribution in [-0.2, 0) is 9.47 Å². The molecule has 3 aliphatic rings. The molecule has 3 rings (SSSR count). The lowest BCUT2D eigenvalue weighted by atomic mass is 9.83. The zero-order chi connectivity index (χ0) is 9.92. The fraction of sp³-hybridized carbons (Fsp3) is 1.00. The molecule has 2 heterocycles. The molecule has 5 nitrogen and oxygen atoms in total. The van der Waals surface area contributed by atoms with E-state index in [0.29, 0.717) is 6.61 Å². The van der Waals surface area contributed by atoms with E-state index in [1.807, 2.05) is 0 Å².